The lowest BCUT2D eigenvalue weighted by molar-refractivity contribution is -0.138. The van der Waals surface area contributed by atoms with Crippen LogP contribution >= 0.6 is 0 Å². The zero-order chi connectivity index (χ0) is 12.0. The van der Waals surface area contributed by atoms with Crippen LogP contribution in [0.25, 0.3) is 0 Å². The fraction of sp³-hybridized carbons (Fsp3) is 0.385. The minimum atomic E-state index is -0.367. The SMILES string of the molecule is C/C=C/C=C/COC(=O)C1=C(C)C(=O)CC1. The van der Waals surface area contributed by atoms with Gasteiger partial charge in [-0.2, -0.15) is 0 Å². The van der Waals surface area contributed by atoms with Crippen molar-refractivity contribution in [2.24, 2.45) is 0 Å². The normalized spacial score (nSPS) is 16.8. The lowest BCUT2D eigenvalue weighted by Gasteiger charge is -2.02. The molecule has 0 N–H and O–H groups in total. The highest BCUT2D eigenvalue weighted by Crippen LogP contribution is 2.23. The van der Waals surface area contributed by atoms with E-state index >= 15 is 0 Å². The lowest BCUT2D eigenvalue weighted by atomic mass is 10.2. The Morgan fingerprint density at radius 2 is 2.12 bits per heavy atom. The summed E-state index contributed by atoms with van der Waals surface area (Å²) in [6, 6.07) is 0. The molecule has 1 aliphatic rings. The van der Waals surface area contributed by atoms with Crippen molar-refractivity contribution in [3.8, 4) is 0 Å². The maximum atomic E-state index is 11.5. The van der Waals surface area contributed by atoms with Crippen molar-refractivity contribution >= 4 is 11.8 Å². The third-order valence-corrected chi connectivity index (χ3v) is 2.47. The Hall–Kier alpha value is -1.64. The highest BCUT2D eigenvalue weighted by Gasteiger charge is 2.24. The predicted molar refractivity (Wildman–Crippen MR) is 61.9 cm³/mol. The van der Waals surface area contributed by atoms with Crippen LogP contribution in [0.15, 0.2) is 35.5 Å². The number of allylic oxidation sites excluding steroid dienone is 4. The van der Waals surface area contributed by atoms with E-state index in [0.29, 0.717) is 24.0 Å². The molecule has 86 valence electrons. The summed E-state index contributed by atoms with van der Waals surface area (Å²) >= 11 is 0. The van der Waals surface area contributed by atoms with Gasteiger partial charge in [0.15, 0.2) is 5.78 Å². The second-order valence-corrected chi connectivity index (χ2v) is 3.58. The molecule has 0 atom stereocenters. The van der Waals surface area contributed by atoms with Crippen molar-refractivity contribution < 1.29 is 14.3 Å². The van der Waals surface area contributed by atoms with E-state index in [4.69, 9.17) is 4.74 Å². The molecule has 0 amide bonds. The standard InChI is InChI=1S/C13H16O3/c1-3-4-5-6-9-16-13(15)11-7-8-12(14)10(11)2/h3-6H,7-9H2,1-2H3/b4-3+,6-5+. The quantitative estimate of drug-likeness (QED) is 0.539. The first-order valence-electron chi connectivity index (χ1n) is 5.34. The summed E-state index contributed by atoms with van der Waals surface area (Å²) < 4.78 is 5.02. The maximum Gasteiger partial charge on any atom is 0.334 e. The van der Waals surface area contributed by atoms with Crippen LogP contribution < -0.4 is 0 Å². The molecular formula is C13H16O3. The molecule has 16 heavy (non-hydrogen) atoms. The van der Waals surface area contributed by atoms with Crippen LogP contribution in [0.3, 0.4) is 0 Å². The summed E-state index contributed by atoms with van der Waals surface area (Å²) in [7, 11) is 0. The first-order chi connectivity index (χ1) is 7.66. The summed E-state index contributed by atoms with van der Waals surface area (Å²) in [6.45, 7) is 3.84. The molecule has 0 spiro atoms. The third kappa shape index (κ3) is 3.19. The smallest absolute Gasteiger partial charge is 0.334 e. The molecule has 0 fully saturated rings. The summed E-state index contributed by atoms with van der Waals surface area (Å²) in [4.78, 5) is 22.8. The van der Waals surface area contributed by atoms with E-state index in [1.54, 1.807) is 13.0 Å². The van der Waals surface area contributed by atoms with Gasteiger partial charge in [0.2, 0.25) is 0 Å². The Morgan fingerprint density at radius 1 is 1.38 bits per heavy atom. The van der Waals surface area contributed by atoms with Crippen LogP contribution in [0.2, 0.25) is 0 Å². The van der Waals surface area contributed by atoms with E-state index in [1.807, 2.05) is 25.2 Å². The van der Waals surface area contributed by atoms with Gasteiger partial charge >= 0.3 is 5.97 Å². The highest BCUT2D eigenvalue weighted by atomic mass is 16.5. The molecule has 0 saturated carbocycles. The molecule has 0 radical (unpaired) electrons. The number of ether oxygens (including phenoxy) is 1. The Balaban J connectivity index is 2.45. The van der Waals surface area contributed by atoms with Crippen LogP contribution in [0.4, 0.5) is 0 Å². The summed E-state index contributed by atoms with van der Waals surface area (Å²) in [5.41, 5.74) is 1.09. The molecule has 0 aromatic heterocycles. The largest absolute Gasteiger partial charge is 0.458 e. The molecule has 0 aliphatic heterocycles. The van der Waals surface area contributed by atoms with Gasteiger partial charge in [0.05, 0.1) is 0 Å². The van der Waals surface area contributed by atoms with Crippen LogP contribution in [0.1, 0.15) is 26.7 Å². The summed E-state index contributed by atoms with van der Waals surface area (Å²) in [5.74, 6) is -0.315. The minimum Gasteiger partial charge on any atom is -0.458 e. The number of rotatable bonds is 4. The second kappa shape index (κ2) is 6.05. The van der Waals surface area contributed by atoms with Gasteiger partial charge in [0.25, 0.3) is 0 Å². The molecule has 1 aliphatic carbocycles. The molecule has 0 saturated heterocycles. The van der Waals surface area contributed by atoms with Gasteiger partial charge in [-0.1, -0.05) is 18.2 Å². The van der Waals surface area contributed by atoms with Gasteiger partial charge in [0, 0.05) is 17.6 Å². The Morgan fingerprint density at radius 3 is 2.69 bits per heavy atom. The Labute approximate surface area is 95.5 Å². The number of esters is 1. The van der Waals surface area contributed by atoms with E-state index < -0.39 is 0 Å². The number of carbonyl (C=O) groups is 2. The molecule has 0 bridgehead atoms. The van der Waals surface area contributed by atoms with Crippen LogP contribution in [0.5, 0.6) is 0 Å². The number of carbonyl (C=O) groups excluding carboxylic acids is 2. The second-order valence-electron chi connectivity index (χ2n) is 3.58. The molecule has 1 rings (SSSR count). The van der Waals surface area contributed by atoms with Crippen molar-refractivity contribution in [1.29, 1.82) is 0 Å². The molecule has 0 heterocycles. The van der Waals surface area contributed by atoms with Crippen molar-refractivity contribution in [1.82, 2.24) is 0 Å². The van der Waals surface area contributed by atoms with Gasteiger partial charge in [-0.15, -0.1) is 0 Å². The third-order valence-electron chi connectivity index (χ3n) is 2.47. The van der Waals surface area contributed by atoms with Gasteiger partial charge in [-0.3, -0.25) is 4.79 Å². The van der Waals surface area contributed by atoms with Crippen LogP contribution in [0, 0.1) is 0 Å². The fourth-order valence-corrected chi connectivity index (χ4v) is 1.49. The number of Topliss-reactive ketones (excluding diaryl/α,β-unsaturated/α-hetero) is 1. The van der Waals surface area contributed by atoms with E-state index in [1.165, 1.54) is 0 Å². The first kappa shape index (κ1) is 12.4. The van der Waals surface area contributed by atoms with Crippen LogP contribution in [-0.4, -0.2) is 18.4 Å². The monoisotopic (exact) mass is 220 g/mol. The first-order valence-corrected chi connectivity index (χ1v) is 5.34. The maximum absolute atomic E-state index is 11.5. The van der Waals surface area contributed by atoms with E-state index in [2.05, 4.69) is 0 Å². The molecule has 3 nitrogen and oxygen atoms in total. The Bertz CT molecular complexity index is 373. The topological polar surface area (TPSA) is 43.4 Å². The zero-order valence-electron chi connectivity index (χ0n) is 9.66. The van der Waals surface area contributed by atoms with Crippen LogP contribution in [-0.2, 0) is 14.3 Å². The Kier molecular flexibility index (Phi) is 4.70. The summed E-state index contributed by atoms with van der Waals surface area (Å²) in [6.07, 6.45) is 8.27. The van der Waals surface area contributed by atoms with Gasteiger partial charge in [0.1, 0.15) is 6.61 Å². The van der Waals surface area contributed by atoms with Crippen molar-refractivity contribution in [3.63, 3.8) is 0 Å². The number of hydrogen-bond acceptors (Lipinski definition) is 3. The molecule has 3 heteroatoms. The van der Waals surface area contributed by atoms with Crippen molar-refractivity contribution in [2.75, 3.05) is 6.61 Å². The molecule has 0 aromatic carbocycles. The van der Waals surface area contributed by atoms with Crippen molar-refractivity contribution in [2.45, 2.75) is 26.7 Å². The predicted octanol–water partition coefficient (Wildman–Crippen LogP) is 2.34. The number of hydrogen-bond donors (Lipinski definition) is 0. The average Bonchev–Trinajstić information content (AvgIpc) is 2.59. The molecule has 0 aromatic rings. The summed E-state index contributed by atoms with van der Waals surface area (Å²) in [5, 5.41) is 0. The van der Waals surface area contributed by atoms with Gasteiger partial charge in [-0.05, 0) is 26.3 Å². The van der Waals surface area contributed by atoms with Gasteiger partial charge in [-0.25, -0.2) is 4.79 Å². The minimum absolute atomic E-state index is 0.0522. The lowest BCUT2D eigenvalue weighted by Crippen LogP contribution is -2.07. The zero-order valence-corrected chi connectivity index (χ0v) is 9.66. The van der Waals surface area contributed by atoms with Crippen molar-refractivity contribution in [3.05, 3.63) is 35.5 Å². The van der Waals surface area contributed by atoms with E-state index in [0.717, 1.165) is 0 Å². The average molecular weight is 220 g/mol. The van der Waals surface area contributed by atoms with Gasteiger partial charge < -0.3 is 4.74 Å². The fourth-order valence-electron chi connectivity index (χ4n) is 1.49. The highest BCUT2D eigenvalue weighted by molar-refractivity contribution is 6.07. The molecule has 0 unspecified atom stereocenters. The number of ketones is 1. The molecular weight excluding hydrogens is 204 g/mol. The van der Waals surface area contributed by atoms with E-state index in [9.17, 15) is 9.59 Å². The van der Waals surface area contributed by atoms with E-state index in [-0.39, 0.29) is 18.4 Å².